The van der Waals surface area contributed by atoms with Gasteiger partial charge in [-0.15, -0.1) is 5.10 Å². The molecule has 0 bridgehead atoms. The maximum Gasteiger partial charge on any atom is 0.257 e. The van der Waals surface area contributed by atoms with Crippen LogP contribution in [0.2, 0.25) is 5.02 Å². The van der Waals surface area contributed by atoms with Crippen molar-refractivity contribution in [3.05, 3.63) is 64.4 Å². The van der Waals surface area contributed by atoms with E-state index in [1.165, 1.54) is 11.0 Å². The molecule has 0 aliphatic carbocycles. The van der Waals surface area contributed by atoms with E-state index >= 15 is 0 Å². The lowest BCUT2D eigenvalue weighted by atomic mass is 10.1. The summed E-state index contributed by atoms with van der Waals surface area (Å²) in [6, 6.07) is 6.59. The van der Waals surface area contributed by atoms with E-state index in [2.05, 4.69) is 20.8 Å². The minimum atomic E-state index is -1.15. The predicted octanol–water partition coefficient (Wildman–Crippen LogP) is 3.15. The summed E-state index contributed by atoms with van der Waals surface area (Å²) in [5, 5.41) is 13.3. The molecule has 1 heterocycles. The second-order valence-electron chi connectivity index (χ2n) is 4.96. The van der Waals surface area contributed by atoms with Gasteiger partial charge in [-0.3, -0.25) is 4.79 Å². The highest BCUT2D eigenvalue weighted by Crippen LogP contribution is 2.23. The van der Waals surface area contributed by atoms with Crippen LogP contribution in [0.3, 0.4) is 0 Å². The van der Waals surface area contributed by atoms with Crippen LogP contribution in [0.25, 0.3) is 5.69 Å². The van der Waals surface area contributed by atoms with Gasteiger partial charge in [0.2, 0.25) is 0 Å². The Kier molecular flexibility index (Phi) is 4.22. The molecule has 3 aromatic rings. The van der Waals surface area contributed by atoms with Crippen LogP contribution in [0.4, 0.5) is 14.5 Å². The predicted molar refractivity (Wildman–Crippen MR) is 83.2 cm³/mol. The van der Waals surface area contributed by atoms with Crippen LogP contribution >= 0.6 is 11.6 Å². The van der Waals surface area contributed by atoms with Crippen molar-refractivity contribution in [1.29, 1.82) is 0 Å². The van der Waals surface area contributed by atoms with Crippen molar-refractivity contribution in [3.8, 4) is 5.69 Å². The smallest absolute Gasteiger partial charge is 0.257 e. The van der Waals surface area contributed by atoms with Gasteiger partial charge in [0.1, 0.15) is 6.33 Å². The lowest BCUT2D eigenvalue weighted by Crippen LogP contribution is -2.14. The van der Waals surface area contributed by atoms with Gasteiger partial charge in [0.15, 0.2) is 11.6 Å². The van der Waals surface area contributed by atoms with Gasteiger partial charge in [0, 0.05) is 5.69 Å². The van der Waals surface area contributed by atoms with Crippen molar-refractivity contribution in [2.75, 3.05) is 5.32 Å². The van der Waals surface area contributed by atoms with E-state index in [0.29, 0.717) is 11.4 Å². The molecule has 0 saturated heterocycles. The minimum absolute atomic E-state index is 0.167. The molecule has 0 atom stereocenters. The van der Waals surface area contributed by atoms with E-state index in [9.17, 15) is 13.6 Å². The second kappa shape index (κ2) is 6.32. The number of rotatable bonds is 3. The fourth-order valence-electron chi connectivity index (χ4n) is 2.10. The highest BCUT2D eigenvalue weighted by molar-refractivity contribution is 6.34. The Morgan fingerprint density at radius 2 is 1.96 bits per heavy atom. The normalized spacial score (nSPS) is 10.7. The maximum absolute atomic E-state index is 13.3. The summed E-state index contributed by atoms with van der Waals surface area (Å²) >= 11 is 5.80. The number of carbonyl (C=O) groups is 1. The number of hydrogen-bond donors (Lipinski definition) is 1. The molecule has 6 nitrogen and oxygen atoms in total. The van der Waals surface area contributed by atoms with E-state index in [0.717, 1.165) is 17.7 Å². The Balaban J connectivity index is 1.90. The number of halogens is 3. The molecule has 1 amide bonds. The van der Waals surface area contributed by atoms with Gasteiger partial charge in [0.05, 0.1) is 16.3 Å². The van der Waals surface area contributed by atoms with Gasteiger partial charge in [-0.25, -0.2) is 13.5 Å². The number of anilines is 1. The highest BCUT2D eigenvalue weighted by Gasteiger charge is 2.16. The molecule has 2 aromatic carbocycles. The number of aryl methyl sites for hydroxylation is 1. The van der Waals surface area contributed by atoms with Crippen molar-refractivity contribution < 1.29 is 13.6 Å². The van der Waals surface area contributed by atoms with Crippen LogP contribution < -0.4 is 5.32 Å². The number of carbonyl (C=O) groups excluding carboxylic acids is 1. The molecule has 3 rings (SSSR count). The maximum atomic E-state index is 13.3. The van der Waals surface area contributed by atoms with Gasteiger partial charge in [-0.05, 0) is 47.2 Å². The molecule has 1 aromatic heterocycles. The zero-order chi connectivity index (χ0) is 17.3. The van der Waals surface area contributed by atoms with Crippen LogP contribution in [0.1, 0.15) is 15.9 Å². The first-order valence-corrected chi connectivity index (χ1v) is 7.13. The second-order valence-corrected chi connectivity index (χ2v) is 5.36. The Bertz CT molecular complexity index is 914. The Hall–Kier alpha value is -2.87. The zero-order valence-electron chi connectivity index (χ0n) is 12.3. The average molecular weight is 350 g/mol. The van der Waals surface area contributed by atoms with E-state index in [1.807, 2.05) is 6.92 Å². The standard InChI is InChI=1S/C15H10ClF2N5O/c1-8-2-3-9(4-14(8)23-7-19-21-22-23)20-15(24)10-5-12(17)13(18)6-11(10)16/h2-7H,1H3,(H,20,24). The number of benzene rings is 2. The van der Waals surface area contributed by atoms with Crippen LogP contribution in [0.15, 0.2) is 36.7 Å². The summed E-state index contributed by atoms with van der Waals surface area (Å²) in [4.78, 5) is 12.2. The number of aromatic nitrogens is 4. The molecule has 122 valence electrons. The molecule has 1 N–H and O–H groups in total. The van der Waals surface area contributed by atoms with Gasteiger partial charge in [-0.2, -0.15) is 0 Å². The first kappa shape index (κ1) is 16.0. The van der Waals surface area contributed by atoms with E-state index in [4.69, 9.17) is 11.6 Å². The lowest BCUT2D eigenvalue weighted by molar-refractivity contribution is 0.102. The fourth-order valence-corrected chi connectivity index (χ4v) is 2.34. The van der Waals surface area contributed by atoms with Crippen LogP contribution in [0, 0.1) is 18.6 Å². The van der Waals surface area contributed by atoms with Crippen molar-refractivity contribution in [2.24, 2.45) is 0 Å². The number of tetrazole rings is 1. The Morgan fingerprint density at radius 1 is 1.21 bits per heavy atom. The van der Waals surface area contributed by atoms with Crippen molar-refractivity contribution in [3.63, 3.8) is 0 Å². The van der Waals surface area contributed by atoms with E-state index in [-0.39, 0.29) is 10.6 Å². The molecule has 0 aliphatic heterocycles. The minimum Gasteiger partial charge on any atom is -0.322 e. The quantitative estimate of drug-likeness (QED) is 0.737. The topological polar surface area (TPSA) is 72.7 Å². The fraction of sp³-hybridized carbons (Fsp3) is 0.0667. The number of nitrogens with one attached hydrogen (secondary N) is 1. The number of nitrogens with zero attached hydrogens (tertiary/aromatic N) is 4. The number of hydrogen-bond acceptors (Lipinski definition) is 4. The third kappa shape index (κ3) is 3.09. The summed E-state index contributed by atoms with van der Waals surface area (Å²) in [6.45, 7) is 1.86. The monoisotopic (exact) mass is 349 g/mol. The highest BCUT2D eigenvalue weighted by atomic mass is 35.5. The van der Waals surface area contributed by atoms with Crippen LogP contribution in [0.5, 0.6) is 0 Å². The van der Waals surface area contributed by atoms with Gasteiger partial charge < -0.3 is 5.32 Å². The summed E-state index contributed by atoms with van der Waals surface area (Å²) in [7, 11) is 0. The lowest BCUT2D eigenvalue weighted by Gasteiger charge is -2.10. The first-order chi connectivity index (χ1) is 11.5. The molecule has 24 heavy (non-hydrogen) atoms. The van der Waals surface area contributed by atoms with Gasteiger partial charge in [0.25, 0.3) is 5.91 Å². The van der Waals surface area contributed by atoms with Crippen molar-refractivity contribution in [1.82, 2.24) is 20.2 Å². The molecule has 0 radical (unpaired) electrons. The average Bonchev–Trinajstić information content (AvgIpc) is 3.07. The molecule has 0 aliphatic rings. The number of amides is 1. The molecular weight excluding hydrogens is 340 g/mol. The molecule has 0 spiro atoms. The molecular formula is C15H10ClF2N5O. The summed E-state index contributed by atoms with van der Waals surface area (Å²) in [5.74, 6) is -2.93. The van der Waals surface area contributed by atoms with Crippen molar-refractivity contribution >= 4 is 23.2 Å². The largest absolute Gasteiger partial charge is 0.322 e. The Morgan fingerprint density at radius 3 is 2.67 bits per heavy atom. The molecule has 0 saturated carbocycles. The van der Waals surface area contributed by atoms with Crippen LogP contribution in [-0.4, -0.2) is 26.1 Å². The molecule has 9 heteroatoms. The summed E-state index contributed by atoms with van der Waals surface area (Å²) in [5.41, 5.74) is 1.80. The molecule has 0 fully saturated rings. The van der Waals surface area contributed by atoms with E-state index < -0.39 is 17.5 Å². The Labute approximate surface area is 140 Å². The third-order valence-electron chi connectivity index (χ3n) is 3.32. The van der Waals surface area contributed by atoms with Gasteiger partial charge >= 0.3 is 0 Å². The third-order valence-corrected chi connectivity index (χ3v) is 3.63. The summed E-state index contributed by atoms with van der Waals surface area (Å²) in [6.07, 6.45) is 1.42. The van der Waals surface area contributed by atoms with Gasteiger partial charge in [-0.1, -0.05) is 17.7 Å². The van der Waals surface area contributed by atoms with Crippen molar-refractivity contribution in [2.45, 2.75) is 6.92 Å². The zero-order valence-corrected chi connectivity index (χ0v) is 13.1. The first-order valence-electron chi connectivity index (χ1n) is 6.75. The van der Waals surface area contributed by atoms with E-state index in [1.54, 1.807) is 18.2 Å². The SMILES string of the molecule is Cc1ccc(NC(=O)c2cc(F)c(F)cc2Cl)cc1-n1cnnn1. The summed E-state index contributed by atoms with van der Waals surface area (Å²) < 4.78 is 27.9. The van der Waals surface area contributed by atoms with Crippen LogP contribution in [-0.2, 0) is 0 Å². The molecule has 0 unspecified atom stereocenters.